The largest absolute Gasteiger partial charge is 0.467 e. The number of hydrogen-bond acceptors (Lipinski definition) is 4. The van der Waals surface area contributed by atoms with Crippen LogP contribution in [0.5, 0.6) is 0 Å². The summed E-state index contributed by atoms with van der Waals surface area (Å²) in [5.41, 5.74) is 0. The molecule has 0 aliphatic heterocycles. The molecule has 19 heavy (non-hydrogen) atoms. The second-order valence-corrected chi connectivity index (χ2v) is 5.80. The third-order valence-electron chi connectivity index (χ3n) is 3.34. The first kappa shape index (κ1) is 16.1. The van der Waals surface area contributed by atoms with Crippen LogP contribution in [0, 0.1) is 0 Å². The van der Waals surface area contributed by atoms with Crippen molar-refractivity contribution >= 4 is 23.8 Å². The third kappa shape index (κ3) is 6.18. The van der Waals surface area contributed by atoms with Crippen LogP contribution in [-0.2, 0) is 9.53 Å². The predicted molar refractivity (Wildman–Crippen MR) is 77.3 cm³/mol. The molecule has 1 saturated carbocycles. The van der Waals surface area contributed by atoms with Crippen molar-refractivity contribution in [3.8, 4) is 0 Å². The van der Waals surface area contributed by atoms with Crippen molar-refractivity contribution in [2.75, 3.05) is 19.1 Å². The number of rotatable bonds is 6. The summed E-state index contributed by atoms with van der Waals surface area (Å²) in [4.78, 5) is 23.4. The Labute approximate surface area is 119 Å². The predicted octanol–water partition coefficient (Wildman–Crippen LogP) is 1.91. The van der Waals surface area contributed by atoms with Gasteiger partial charge in [-0.2, -0.15) is 11.8 Å². The minimum Gasteiger partial charge on any atom is -0.467 e. The van der Waals surface area contributed by atoms with Crippen molar-refractivity contribution < 1.29 is 14.3 Å². The summed E-state index contributed by atoms with van der Waals surface area (Å²) in [6.45, 7) is 0. The minimum atomic E-state index is -0.555. The van der Waals surface area contributed by atoms with Gasteiger partial charge >= 0.3 is 12.0 Å². The first-order valence-corrected chi connectivity index (χ1v) is 8.20. The number of carbonyl (C=O) groups is 2. The Hall–Kier alpha value is -0.910. The molecule has 0 bridgehead atoms. The minimum absolute atomic E-state index is 0.243. The van der Waals surface area contributed by atoms with E-state index in [1.165, 1.54) is 13.5 Å². The van der Waals surface area contributed by atoms with Crippen LogP contribution in [0.4, 0.5) is 4.79 Å². The highest BCUT2D eigenvalue weighted by molar-refractivity contribution is 7.98. The lowest BCUT2D eigenvalue weighted by Gasteiger charge is -2.24. The van der Waals surface area contributed by atoms with Gasteiger partial charge in [0.05, 0.1) is 7.11 Å². The average molecular weight is 288 g/mol. The smallest absolute Gasteiger partial charge is 0.328 e. The van der Waals surface area contributed by atoms with Crippen molar-refractivity contribution in [3.05, 3.63) is 0 Å². The molecule has 6 heteroatoms. The molecule has 1 aliphatic rings. The Bertz CT molecular complexity index is 294. The lowest BCUT2D eigenvalue weighted by Crippen LogP contribution is -2.49. The van der Waals surface area contributed by atoms with Crippen LogP contribution in [0.3, 0.4) is 0 Å². The average Bonchev–Trinajstić information content (AvgIpc) is 2.43. The fourth-order valence-corrected chi connectivity index (χ4v) is 2.73. The van der Waals surface area contributed by atoms with Crippen molar-refractivity contribution in [1.29, 1.82) is 0 Å². The molecule has 0 unspecified atom stereocenters. The normalized spacial score (nSPS) is 17.6. The molecule has 0 aromatic rings. The molecule has 0 aromatic heterocycles. The molecule has 2 amide bonds. The summed E-state index contributed by atoms with van der Waals surface area (Å²) in [5, 5.41) is 5.65. The summed E-state index contributed by atoms with van der Waals surface area (Å²) in [7, 11) is 1.34. The maximum absolute atomic E-state index is 11.9. The molecule has 2 N–H and O–H groups in total. The van der Waals surface area contributed by atoms with Gasteiger partial charge in [-0.3, -0.25) is 0 Å². The SMILES string of the molecule is COC(=O)[C@@H](CCSC)NC(=O)NC1CCCCC1. The highest BCUT2D eigenvalue weighted by atomic mass is 32.2. The van der Waals surface area contributed by atoms with E-state index in [2.05, 4.69) is 10.6 Å². The maximum atomic E-state index is 11.9. The van der Waals surface area contributed by atoms with Gasteiger partial charge in [0, 0.05) is 6.04 Å². The summed E-state index contributed by atoms with van der Waals surface area (Å²) in [6.07, 6.45) is 8.19. The van der Waals surface area contributed by atoms with Gasteiger partial charge in [-0.1, -0.05) is 19.3 Å². The summed E-state index contributed by atoms with van der Waals surface area (Å²) >= 11 is 1.64. The van der Waals surface area contributed by atoms with E-state index in [4.69, 9.17) is 4.74 Å². The second-order valence-electron chi connectivity index (χ2n) is 4.81. The molecular weight excluding hydrogens is 264 g/mol. The molecule has 0 spiro atoms. The summed E-state index contributed by atoms with van der Waals surface area (Å²) in [5.74, 6) is 0.427. The zero-order valence-corrected chi connectivity index (χ0v) is 12.6. The van der Waals surface area contributed by atoms with Crippen LogP contribution in [0.15, 0.2) is 0 Å². The zero-order chi connectivity index (χ0) is 14.1. The number of methoxy groups -OCH3 is 1. The monoisotopic (exact) mass is 288 g/mol. The maximum Gasteiger partial charge on any atom is 0.328 e. The standard InChI is InChI=1S/C13H24N2O3S/c1-18-12(16)11(8-9-19-2)15-13(17)14-10-6-4-3-5-7-10/h10-11H,3-9H2,1-2H3,(H2,14,15,17)/t11-/m1/s1. The Morgan fingerprint density at radius 1 is 1.32 bits per heavy atom. The van der Waals surface area contributed by atoms with Gasteiger partial charge in [0.25, 0.3) is 0 Å². The van der Waals surface area contributed by atoms with E-state index in [0.717, 1.165) is 31.4 Å². The van der Waals surface area contributed by atoms with Gasteiger partial charge in [0.2, 0.25) is 0 Å². The Morgan fingerprint density at radius 3 is 2.58 bits per heavy atom. The van der Waals surface area contributed by atoms with Crippen molar-refractivity contribution in [3.63, 3.8) is 0 Å². The first-order chi connectivity index (χ1) is 9.17. The van der Waals surface area contributed by atoms with Crippen LogP contribution in [0.1, 0.15) is 38.5 Å². The van der Waals surface area contributed by atoms with E-state index in [1.807, 2.05) is 6.26 Å². The first-order valence-electron chi connectivity index (χ1n) is 6.81. The highest BCUT2D eigenvalue weighted by Gasteiger charge is 2.22. The van der Waals surface area contributed by atoms with Gasteiger partial charge < -0.3 is 15.4 Å². The number of nitrogens with one attached hydrogen (secondary N) is 2. The molecule has 0 radical (unpaired) electrons. The third-order valence-corrected chi connectivity index (χ3v) is 3.99. The van der Waals surface area contributed by atoms with Gasteiger partial charge in [-0.05, 0) is 31.3 Å². The molecule has 0 heterocycles. The molecule has 1 rings (SSSR count). The van der Waals surface area contributed by atoms with Gasteiger partial charge in [0.15, 0.2) is 0 Å². The van der Waals surface area contributed by atoms with Gasteiger partial charge in [-0.15, -0.1) is 0 Å². The number of urea groups is 1. The molecule has 5 nitrogen and oxygen atoms in total. The van der Waals surface area contributed by atoms with E-state index in [0.29, 0.717) is 6.42 Å². The molecule has 0 saturated heterocycles. The Kier molecular flexibility index (Phi) is 7.70. The molecular formula is C13H24N2O3S. The summed E-state index contributed by atoms with van der Waals surface area (Å²) < 4.78 is 4.71. The molecule has 0 aromatic carbocycles. The fraction of sp³-hybridized carbons (Fsp3) is 0.846. The lowest BCUT2D eigenvalue weighted by molar-refractivity contribution is -0.142. The van der Waals surface area contributed by atoms with Crippen LogP contribution in [0.25, 0.3) is 0 Å². The second kappa shape index (κ2) is 9.07. The molecule has 1 aliphatic carbocycles. The van der Waals surface area contributed by atoms with Crippen LogP contribution in [0.2, 0.25) is 0 Å². The topological polar surface area (TPSA) is 67.4 Å². The van der Waals surface area contributed by atoms with Gasteiger partial charge in [-0.25, -0.2) is 9.59 Å². The van der Waals surface area contributed by atoms with E-state index >= 15 is 0 Å². The van der Waals surface area contributed by atoms with E-state index in [1.54, 1.807) is 11.8 Å². The molecule has 110 valence electrons. The number of esters is 1. The summed E-state index contributed by atoms with van der Waals surface area (Å²) in [6, 6.07) is -0.572. The number of carbonyl (C=O) groups excluding carboxylic acids is 2. The quantitative estimate of drug-likeness (QED) is 0.733. The van der Waals surface area contributed by atoms with E-state index in [9.17, 15) is 9.59 Å². The van der Waals surface area contributed by atoms with Crippen LogP contribution >= 0.6 is 11.8 Å². The lowest BCUT2D eigenvalue weighted by atomic mass is 9.96. The van der Waals surface area contributed by atoms with Gasteiger partial charge in [0.1, 0.15) is 6.04 Å². The van der Waals surface area contributed by atoms with Crippen molar-refractivity contribution in [2.24, 2.45) is 0 Å². The van der Waals surface area contributed by atoms with E-state index in [-0.39, 0.29) is 18.0 Å². The molecule has 1 fully saturated rings. The number of ether oxygens (including phenoxy) is 1. The molecule has 1 atom stereocenters. The van der Waals surface area contributed by atoms with E-state index < -0.39 is 6.04 Å². The van der Waals surface area contributed by atoms with Crippen LogP contribution < -0.4 is 10.6 Å². The highest BCUT2D eigenvalue weighted by Crippen LogP contribution is 2.17. The number of amides is 2. The Balaban J connectivity index is 2.38. The van der Waals surface area contributed by atoms with Crippen molar-refractivity contribution in [1.82, 2.24) is 10.6 Å². The fourth-order valence-electron chi connectivity index (χ4n) is 2.26. The zero-order valence-electron chi connectivity index (χ0n) is 11.7. The Morgan fingerprint density at radius 2 is 2.00 bits per heavy atom. The number of hydrogen-bond donors (Lipinski definition) is 2. The van der Waals surface area contributed by atoms with Crippen molar-refractivity contribution in [2.45, 2.75) is 50.6 Å². The van der Waals surface area contributed by atoms with Crippen LogP contribution in [-0.4, -0.2) is 43.2 Å². The number of thioether (sulfide) groups is 1.